The van der Waals surface area contributed by atoms with Gasteiger partial charge in [-0.05, 0) is 6.42 Å². The van der Waals surface area contributed by atoms with Gasteiger partial charge in [-0.1, -0.05) is 27.7 Å². The minimum atomic E-state index is -0.0591. The van der Waals surface area contributed by atoms with Gasteiger partial charge in [0.1, 0.15) is 6.61 Å². The molecule has 0 aliphatic heterocycles. The predicted molar refractivity (Wildman–Crippen MR) is 91.6 cm³/mol. The maximum absolute atomic E-state index is 11.6. The molecular formula is C17H32N2O5. The van der Waals surface area contributed by atoms with Crippen molar-refractivity contribution in [3.05, 3.63) is 0 Å². The molecule has 24 heavy (non-hydrogen) atoms. The largest absolute Gasteiger partial charge is 0.377 e. The molecule has 0 atom stereocenters. The topological polar surface area (TPSA) is 93.7 Å². The number of amides is 2. The first-order valence-electron chi connectivity index (χ1n) is 8.57. The molecule has 0 aromatic rings. The number of ketones is 1. The fourth-order valence-corrected chi connectivity index (χ4v) is 1.58. The molecule has 0 fully saturated rings. The van der Waals surface area contributed by atoms with Gasteiger partial charge in [-0.2, -0.15) is 0 Å². The lowest BCUT2D eigenvalue weighted by atomic mass is 10.1. The smallest absolute Gasteiger partial charge is 0.222 e. The number of Topliss-reactive ketones (excluding diaryl/α,β-unsaturated/α-hetero) is 1. The maximum atomic E-state index is 11.6. The van der Waals surface area contributed by atoms with E-state index in [1.165, 1.54) is 0 Å². The summed E-state index contributed by atoms with van der Waals surface area (Å²) >= 11 is 0. The zero-order valence-electron chi connectivity index (χ0n) is 15.4. The Labute approximate surface area is 144 Å². The molecule has 0 bridgehead atoms. The second kappa shape index (κ2) is 13.9. The van der Waals surface area contributed by atoms with Crippen molar-refractivity contribution in [3.8, 4) is 0 Å². The Hall–Kier alpha value is -1.47. The van der Waals surface area contributed by atoms with E-state index in [0.717, 1.165) is 0 Å². The van der Waals surface area contributed by atoms with Crippen LogP contribution in [0.25, 0.3) is 0 Å². The Kier molecular flexibility index (Phi) is 13.1. The SMILES string of the molecule is CC(C)C(=O)COCCOCCNC(=O)CCCNC(=O)C(C)C. The molecule has 0 spiro atoms. The summed E-state index contributed by atoms with van der Waals surface area (Å²) in [5.41, 5.74) is 0. The number of ether oxygens (including phenoxy) is 2. The van der Waals surface area contributed by atoms with Gasteiger partial charge in [-0.15, -0.1) is 0 Å². The Morgan fingerprint density at radius 1 is 0.833 bits per heavy atom. The van der Waals surface area contributed by atoms with Crippen molar-refractivity contribution in [1.82, 2.24) is 10.6 Å². The summed E-state index contributed by atoms with van der Waals surface area (Å²) in [5.74, 6) is -0.0348. The Balaban J connectivity index is 3.38. The monoisotopic (exact) mass is 344 g/mol. The van der Waals surface area contributed by atoms with Crippen LogP contribution in [0.4, 0.5) is 0 Å². The zero-order valence-corrected chi connectivity index (χ0v) is 15.4. The summed E-state index contributed by atoms with van der Waals surface area (Å²) in [6.45, 7) is 9.54. The van der Waals surface area contributed by atoms with Crippen LogP contribution >= 0.6 is 0 Å². The summed E-state index contributed by atoms with van der Waals surface area (Å²) in [6.07, 6.45) is 0.988. The third kappa shape index (κ3) is 13.0. The van der Waals surface area contributed by atoms with Crippen LogP contribution in [0.15, 0.2) is 0 Å². The van der Waals surface area contributed by atoms with Gasteiger partial charge in [-0.3, -0.25) is 14.4 Å². The van der Waals surface area contributed by atoms with E-state index in [9.17, 15) is 14.4 Å². The van der Waals surface area contributed by atoms with E-state index < -0.39 is 0 Å². The standard InChI is InChI=1S/C17H32N2O5/c1-13(2)15(20)12-24-11-10-23-9-8-18-16(21)6-5-7-19-17(22)14(3)4/h13-14H,5-12H2,1-4H3,(H,18,21)(H,19,22). The van der Waals surface area contributed by atoms with Gasteiger partial charge in [0.25, 0.3) is 0 Å². The molecule has 0 aromatic carbocycles. The lowest BCUT2D eigenvalue weighted by Gasteiger charge is -2.09. The Bertz CT molecular complexity index is 383. The highest BCUT2D eigenvalue weighted by Gasteiger charge is 2.07. The van der Waals surface area contributed by atoms with Gasteiger partial charge in [0.05, 0.1) is 19.8 Å². The number of carbonyl (C=O) groups is 3. The molecule has 0 radical (unpaired) electrons. The number of hydrogen-bond acceptors (Lipinski definition) is 5. The van der Waals surface area contributed by atoms with Gasteiger partial charge >= 0.3 is 0 Å². The molecule has 0 aliphatic carbocycles. The quantitative estimate of drug-likeness (QED) is 0.457. The average Bonchev–Trinajstić information content (AvgIpc) is 2.53. The van der Waals surface area contributed by atoms with Crippen molar-refractivity contribution < 1.29 is 23.9 Å². The number of carbonyl (C=O) groups excluding carboxylic acids is 3. The Morgan fingerprint density at radius 2 is 1.50 bits per heavy atom. The first-order chi connectivity index (χ1) is 11.3. The second-order valence-electron chi connectivity index (χ2n) is 6.19. The van der Waals surface area contributed by atoms with E-state index in [1.54, 1.807) is 0 Å². The maximum Gasteiger partial charge on any atom is 0.222 e. The fourth-order valence-electron chi connectivity index (χ4n) is 1.58. The number of hydrogen-bond donors (Lipinski definition) is 2. The Morgan fingerprint density at radius 3 is 2.12 bits per heavy atom. The third-order valence-electron chi connectivity index (χ3n) is 3.23. The van der Waals surface area contributed by atoms with Crippen LogP contribution in [0.2, 0.25) is 0 Å². The van der Waals surface area contributed by atoms with Crippen molar-refractivity contribution in [3.63, 3.8) is 0 Å². The van der Waals surface area contributed by atoms with Crippen LogP contribution in [-0.4, -0.2) is 57.1 Å². The minimum Gasteiger partial charge on any atom is -0.377 e. The highest BCUT2D eigenvalue weighted by atomic mass is 16.5. The van der Waals surface area contributed by atoms with Gasteiger partial charge < -0.3 is 20.1 Å². The van der Waals surface area contributed by atoms with Crippen LogP contribution in [0.5, 0.6) is 0 Å². The molecular weight excluding hydrogens is 312 g/mol. The molecule has 0 saturated heterocycles. The van der Waals surface area contributed by atoms with Crippen molar-refractivity contribution >= 4 is 17.6 Å². The molecule has 0 aromatic heterocycles. The lowest BCUT2D eigenvalue weighted by Crippen LogP contribution is -2.31. The van der Waals surface area contributed by atoms with E-state index >= 15 is 0 Å². The second-order valence-corrected chi connectivity index (χ2v) is 6.19. The van der Waals surface area contributed by atoms with Gasteiger partial charge in [0, 0.05) is 31.3 Å². The third-order valence-corrected chi connectivity index (χ3v) is 3.23. The molecule has 0 heterocycles. The predicted octanol–water partition coefficient (Wildman–Crippen LogP) is 0.913. The van der Waals surface area contributed by atoms with Crippen molar-refractivity contribution in [2.45, 2.75) is 40.5 Å². The zero-order chi connectivity index (χ0) is 18.4. The first-order valence-corrected chi connectivity index (χ1v) is 8.57. The first kappa shape index (κ1) is 22.5. The van der Waals surface area contributed by atoms with Gasteiger partial charge in [-0.25, -0.2) is 0 Å². The highest BCUT2D eigenvalue weighted by molar-refractivity contribution is 5.81. The molecule has 0 aliphatic rings. The van der Waals surface area contributed by atoms with E-state index in [1.807, 2.05) is 27.7 Å². The fraction of sp³-hybridized carbons (Fsp3) is 0.824. The van der Waals surface area contributed by atoms with Crippen molar-refractivity contribution in [2.75, 3.05) is 39.5 Å². The summed E-state index contributed by atoms with van der Waals surface area (Å²) in [7, 11) is 0. The molecule has 140 valence electrons. The van der Waals surface area contributed by atoms with Gasteiger partial charge in [0.2, 0.25) is 11.8 Å². The van der Waals surface area contributed by atoms with E-state index in [2.05, 4.69) is 10.6 Å². The normalized spacial score (nSPS) is 10.9. The summed E-state index contributed by atoms with van der Waals surface area (Å²) in [6, 6.07) is 0. The molecule has 2 amide bonds. The molecule has 7 heteroatoms. The highest BCUT2D eigenvalue weighted by Crippen LogP contribution is 1.94. The van der Waals surface area contributed by atoms with Crippen LogP contribution in [0.1, 0.15) is 40.5 Å². The number of nitrogens with one attached hydrogen (secondary N) is 2. The van der Waals surface area contributed by atoms with Crippen LogP contribution in [-0.2, 0) is 23.9 Å². The molecule has 0 unspecified atom stereocenters. The van der Waals surface area contributed by atoms with E-state index in [4.69, 9.17) is 9.47 Å². The van der Waals surface area contributed by atoms with E-state index in [0.29, 0.717) is 45.8 Å². The molecule has 2 N–H and O–H groups in total. The van der Waals surface area contributed by atoms with Crippen LogP contribution < -0.4 is 10.6 Å². The van der Waals surface area contributed by atoms with Crippen molar-refractivity contribution in [1.29, 1.82) is 0 Å². The van der Waals surface area contributed by atoms with Gasteiger partial charge in [0.15, 0.2) is 5.78 Å². The summed E-state index contributed by atoms with van der Waals surface area (Å²) in [5, 5.41) is 5.51. The molecule has 7 nitrogen and oxygen atoms in total. The van der Waals surface area contributed by atoms with Crippen LogP contribution in [0.3, 0.4) is 0 Å². The number of rotatable bonds is 14. The molecule has 0 rings (SSSR count). The van der Waals surface area contributed by atoms with E-state index in [-0.39, 0.29) is 36.0 Å². The average molecular weight is 344 g/mol. The van der Waals surface area contributed by atoms with Crippen molar-refractivity contribution in [2.24, 2.45) is 11.8 Å². The summed E-state index contributed by atoms with van der Waals surface area (Å²) in [4.78, 5) is 34.2. The molecule has 0 saturated carbocycles. The summed E-state index contributed by atoms with van der Waals surface area (Å²) < 4.78 is 10.5. The minimum absolute atomic E-state index is 0.00104. The lowest BCUT2D eigenvalue weighted by molar-refractivity contribution is -0.127. The van der Waals surface area contributed by atoms with Crippen LogP contribution in [0, 0.1) is 11.8 Å².